The van der Waals surface area contributed by atoms with Gasteiger partial charge in [0.05, 0.1) is 11.4 Å². The summed E-state index contributed by atoms with van der Waals surface area (Å²) in [4.78, 5) is 23.9. The predicted molar refractivity (Wildman–Crippen MR) is 130 cm³/mol. The first-order valence-electron chi connectivity index (χ1n) is 11.0. The van der Waals surface area contributed by atoms with Crippen LogP contribution in [-0.2, 0) is 0 Å². The average molecular weight is 429 g/mol. The number of anilines is 3. The van der Waals surface area contributed by atoms with Gasteiger partial charge in [-0.05, 0) is 63.4 Å². The molecule has 1 saturated heterocycles. The molecule has 0 amide bonds. The molecule has 2 atom stereocenters. The van der Waals surface area contributed by atoms with Crippen molar-refractivity contribution >= 4 is 22.7 Å². The summed E-state index contributed by atoms with van der Waals surface area (Å²) in [7, 11) is 2.20. The Morgan fingerprint density at radius 2 is 1.84 bits per heavy atom. The van der Waals surface area contributed by atoms with E-state index >= 15 is 0 Å². The van der Waals surface area contributed by atoms with Crippen LogP contribution in [0, 0.1) is 0 Å². The second-order valence-corrected chi connectivity index (χ2v) is 8.66. The van der Waals surface area contributed by atoms with Gasteiger partial charge in [0, 0.05) is 66.8 Å². The van der Waals surface area contributed by atoms with Crippen molar-refractivity contribution in [1.29, 1.82) is 0 Å². The molecule has 1 fully saturated rings. The monoisotopic (exact) mass is 428 g/mol. The van der Waals surface area contributed by atoms with E-state index in [9.17, 15) is 4.79 Å². The fourth-order valence-electron chi connectivity index (χ4n) is 4.50. The van der Waals surface area contributed by atoms with Crippen LogP contribution in [0.25, 0.3) is 16.9 Å². The van der Waals surface area contributed by atoms with E-state index in [0.717, 1.165) is 41.4 Å². The van der Waals surface area contributed by atoms with Crippen molar-refractivity contribution in [2.45, 2.75) is 25.9 Å². The molecule has 0 spiro atoms. The summed E-state index contributed by atoms with van der Waals surface area (Å²) >= 11 is 0. The zero-order valence-electron chi connectivity index (χ0n) is 18.6. The number of rotatable bonds is 4. The summed E-state index contributed by atoms with van der Waals surface area (Å²) in [5.41, 5.74) is 5.63. The van der Waals surface area contributed by atoms with Gasteiger partial charge in [-0.2, -0.15) is 0 Å². The highest BCUT2D eigenvalue weighted by molar-refractivity contribution is 5.78. The lowest BCUT2D eigenvalue weighted by molar-refractivity contribution is 0.206. The maximum absolute atomic E-state index is 11.7. The summed E-state index contributed by atoms with van der Waals surface area (Å²) in [5.74, 6) is 0. The van der Waals surface area contributed by atoms with Crippen LogP contribution in [0.5, 0.6) is 0 Å². The Labute approximate surface area is 187 Å². The second kappa shape index (κ2) is 8.16. The van der Waals surface area contributed by atoms with E-state index < -0.39 is 0 Å². The first-order chi connectivity index (χ1) is 15.5. The largest absolute Gasteiger partial charge is 0.366 e. The lowest BCUT2D eigenvalue weighted by atomic mass is 10.1. The van der Waals surface area contributed by atoms with Crippen molar-refractivity contribution in [2.75, 3.05) is 30.4 Å². The van der Waals surface area contributed by atoms with E-state index in [2.05, 4.69) is 70.2 Å². The molecule has 0 saturated carbocycles. The lowest BCUT2D eigenvalue weighted by Crippen LogP contribution is -2.55. The maximum Gasteiger partial charge on any atom is 0.248 e. The van der Waals surface area contributed by atoms with E-state index in [-0.39, 0.29) is 5.56 Å². The third kappa shape index (κ3) is 3.76. The molecule has 5 rings (SSSR count). The van der Waals surface area contributed by atoms with Crippen LogP contribution in [0.4, 0.5) is 17.1 Å². The smallest absolute Gasteiger partial charge is 0.248 e. The molecule has 164 valence electrons. The molecular formula is C25H28N6O. The molecule has 4 heterocycles. The minimum atomic E-state index is -0.123. The van der Waals surface area contributed by atoms with Crippen LogP contribution in [-0.4, -0.2) is 51.5 Å². The van der Waals surface area contributed by atoms with Crippen molar-refractivity contribution in [3.8, 4) is 11.3 Å². The zero-order valence-corrected chi connectivity index (χ0v) is 18.6. The number of nitrogens with one attached hydrogen (secondary N) is 2. The number of hydrogen-bond donors (Lipinski definition) is 2. The average Bonchev–Trinajstić information content (AvgIpc) is 3.28. The normalized spacial score (nSPS) is 19.4. The van der Waals surface area contributed by atoms with E-state index in [4.69, 9.17) is 0 Å². The molecule has 0 bridgehead atoms. The predicted octanol–water partition coefficient (Wildman–Crippen LogP) is 3.96. The van der Waals surface area contributed by atoms with E-state index in [1.54, 1.807) is 18.5 Å². The molecule has 1 aliphatic heterocycles. The van der Waals surface area contributed by atoms with Crippen molar-refractivity contribution in [2.24, 2.45) is 0 Å². The summed E-state index contributed by atoms with van der Waals surface area (Å²) in [6, 6.07) is 17.1. The molecule has 1 unspecified atom stereocenters. The van der Waals surface area contributed by atoms with Crippen LogP contribution < -0.4 is 15.8 Å². The van der Waals surface area contributed by atoms with Crippen LogP contribution in [0.15, 0.2) is 71.9 Å². The van der Waals surface area contributed by atoms with Crippen molar-refractivity contribution in [3.63, 3.8) is 0 Å². The van der Waals surface area contributed by atoms with Gasteiger partial charge in [0.15, 0.2) is 5.65 Å². The first kappa shape index (κ1) is 20.3. The fourth-order valence-corrected chi connectivity index (χ4v) is 4.50. The maximum atomic E-state index is 11.7. The van der Waals surface area contributed by atoms with Crippen molar-refractivity contribution < 1.29 is 0 Å². The molecule has 32 heavy (non-hydrogen) atoms. The van der Waals surface area contributed by atoms with Gasteiger partial charge in [-0.25, -0.2) is 4.98 Å². The molecule has 0 radical (unpaired) electrons. The highest BCUT2D eigenvalue weighted by atomic mass is 16.1. The number of pyridine rings is 2. The quantitative estimate of drug-likeness (QED) is 0.515. The van der Waals surface area contributed by atoms with Gasteiger partial charge < -0.3 is 15.2 Å². The molecule has 7 nitrogen and oxygen atoms in total. The molecule has 2 N–H and O–H groups in total. The van der Waals surface area contributed by atoms with Crippen LogP contribution in [0.3, 0.4) is 0 Å². The Morgan fingerprint density at radius 1 is 1.03 bits per heavy atom. The van der Waals surface area contributed by atoms with Crippen LogP contribution >= 0.6 is 0 Å². The number of benzene rings is 1. The van der Waals surface area contributed by atoms with E-state index in [0.29, 0.717) is 12.1 Å². The van der Waals surface area contributed by atoms with Gasteiger partial charge in [0.25, 0.3) is 0 Å². The highest BCUT2D eigenvalue weighted by Gasteiger charge is 2.26. The summed E-state index contributed by atoms with van der Waals surface area (Å²) in [6.45, 7) is 6.66. The number of aromatic nitrogens is 3. The number of likely N-dealkylation sites (N-methyl/N-ethyl adjacent to an activating group) is 1. The van der Waals surface area contributed by atoms with Gasteiger partial charge in [-0.15, -0.1) is 0 Å². The summed E-state index contributed by atoms with van der Waals surface area (Å²) in [6.07, 6.45) is 5.35. The van der Waals surface area contributed by atoms with Crippen LogP contribution in [0.1, 0.15) is 13.8 Å². The lowest BCUT2D eigenvalue weighted by Gasteiger charge is -2.43. The molecule has 1 aromatic carbocycles. The SMILES string of the molecule is CC1CN(c2ccc(Nc3ccc(-c4cc[nH]c(=O)c4)n4ccnc34)cc2)[C@H](C)CN1C. The number of aromatic amines is 1. The van der Waals surface area contributed by atoms with Crippen molar-refractivity contribution in [3.05, 3.63) is 77.5 Å². The van der Waals surface area contributed by atoms with E-state index in [1.165, 1.54) is 5.69 Å². The van der Waals surface area contributed by atoms with Gasteiger partial charge >= 0.3 is 0 Å². The number of piperazine rings is 1. The number of nitrogens with zero attached hydrogens (tertiary/aromatic N) is 4. The van der Waals surface area contributed by atoms with Crippen molar-refractivity contribution in [1.82, 2.24) is 19.3 Å². The van der Waals surface area contributed by atoms with Gasteiger partial charge in [-0.3, -0.25) is 14.1 Å². The highest BCUT2D eigenvalue weighted by Crippen LogP contribution is 2.29. The minimum Gasteiger partial charge on any atom is -0.366 e. The molecule has 3 aromatic heterocycles. The molecular weight excluding hydrogens is 400 g/mol. The molecule has 0 aliphatic carbocycles. The number of hydrogen-bond acceptors (Lipinski definition) is 5. The number of fused-ring (bicyclic) bond motifs is 1. The first-order valence-corrected chi connectivity index (χ1v) is 11.0. The number of H-pyrrole nitrogens is 1. The minimum absolute atomic E-state index is 0.123. The Hall–Kier alpha value is -3.58. The fraction of sp³-hybridized carbons (Fsp3) is 0.280. The Balaban J connectivity index is 1.40. The molecule has 7 heteroatoms. The van der Waals surface area contributed by atoms with Gasteiger partial charge in [0.1, 0.15) is 0 Å². The Kier molecular flexibility index (Phi) is 5.19. The Bertz CT molecular complexity index is 1290. The summed E-state index contributed by atoms with van der Waals surface area (Å²) < 4.78 is 2.00. The third-order valence-corrected chi connectivity index (χ3v) is 6.40. The molecule has 1 aliphatic rings. The van der Waals surface area contributed by atoms with E-state index in [1.807, 2.05) is 28.8 Å². The number of imidazole rings is 1. The topological polar surface area (TPSA) is 68.7 Å². The van der Waals surface area contributed by atoms with Gasteiger partial charge in [0.2, 0.25) is 5.56 Å². The van der Waals surface area contributed by atoms with Crippen LogP contribution in [0.2, 0.25) is 0 Å². The van der Waals surface area contributed by atoms with Gasteiger partial charge in [-0.1, -0.05) is 0 Å². The molecule has 4 aromatic rings. The summed E-state index contributed by atoms with van der Waals surface area (Å²) in [5, 5.41) is 3.50. The Morgan fingerprint density at radius 3 is 2.62 bits per heavy atom. The second-order valence-electron chi connectivity index (χ2n) is 8.66. The standard InChI is InChI=1S/C25H28N6O/c1-17-16-31(18(2)15-29(17)3)21-6-4-20(5-7-21)28-22-8-9-23(30-13-12-27-25(22)30)19-10-11-26-24(32)14-19/h4-14,17-18,28H,15-16H2,1-3H3,(H,26,32)/t17?,18-/m1/s1. The third-order valence-electron chi connectivity index (χ3n) is 6.40. The zero-order chi connectivity index (χ0) is 22.2.